The lowest BCUT2D eigenvalue weighted by atomic mass is 10.3. The van der Waals surface area contributed by atoms with Crippen molar-refractivity contribution in [2.45, 2.75) is 39.2 Å². The Morgan fingerprint density at radius 3 is 2.33 bits per heavy atom. The zero-order valence-corrected chi connectivity index (χ0v) is 10.9. The third-order valence-corrected chi connectivity index (χ3v) is 2.16. The van der Waals surface area contributed by atoms with Crippen molar-refractivity contribution in [1.29, 1.82) is 0 Å². The summed E-state index contributed by atoms with van der Waals surface area (Å²) in [7, 11) is 4.19. The summed E-state index contributed by atoms with van der Waals surface area (Å²) in [6.07, 6.45) is 3.52. The molecule has 3 nitrogen and oxygen atoms in total. The summed E-state index contributed by atoms with van der Waals surface area (Å²) >= 11 is 0. The Hall–Kier alpha value is -0.120. The van der Waals surface area contributed by atoms with Gasteiger partial charge in [-0.15, -0.1) is 0 Å². The molecule has 0 aromatic carbocycles. The number of nitrogens with zero attached hydrogens (tertiary/aromatic N) is 1. The molecule has 0 fully saturated rings. The van der Waals surface area contributed by atoms with E-state index in [1.165, 1.54) is 12.8 Å². The second-order valence-corrected chi connectivity index (χ2v) is 4.59. The van der Waals surface area contributed by atoms with Crippen molar-refractivity contribution in [2.75, 3.05) is 40.4 Å². The standard InChI is InChI=1S/C12H28N2O/c1-12(2)13-8-5-6-10-15-11-7-9-14(3)4/h12-13H,5-11H2,1-4H3. The van der Waals surface area contributed by atoms with Gasteiger partial charge in [0.1, 0.15) is 0 Å². The number of unbranched alkanes of at least 4 members (excludes halogenated alkanes) is 1. The van der Waals surface area contributed by atoms with Crippen molar-refractivity contribution in [1.82, 2.24) is 10.2 Å². The molecule has 15 heavy (non-hydrogen) atoms. The Labute approximate surface area is 95.2 Å². The van der Waals surface area contributed by atoms with Gasteiger partial charge in [0.25, 0.3) is 0 Å². The van der Waals surface area contributed by atoms with Gasteiger partial charge in [0.05, 0.1) is 0 Å². The molecule has 0 saturated heterocycles. The van der Waals surface area contributed by atoms with E-state index in [1.54, 1.807) is 0 Å². The van der Waals surface area contributed by atoms with Gasteiger partial charge in [0.15, 0.2) is 0 Å². The molecule has 0 aliphatic carbocycles. The molecule has 0 aliphatic heterocycles. The van der Waals surface area contributed by atoms with E-state index in [1.807, 2.05) is 0 Å². The first-order chi connectivity index (χ1) is 7.13. The van der Waals surface area contributed by atoms with E-state index in [-0.39, 0.29) is 0 Å². The number of hydrogen-bond acceptors (Lipinski definition) is 3. The molecule has 0 unspecified atom stereocenters. The first kappa shape index (κ1) is 14.9. The highest BCUT2D eigenvalue weighted by Gasteiger charge is 1.93. The van der Waals surface area contributed by atoms with Crippen LogP contribution in [-0.2, 0) is 4.74 Å². The summed E-state index contributed by atoms with van der Waals surface area (Å²) in [6, 6.07) is 0.603. The Bertz CT molecular complexity index is 113. The fraction of sp³-hybridized carbons (Fsp3) is 1.00. The van der Waals surface area contributed by atoms with E-state index >= 15 is 0 Å². The lowest BCUT2D eigenvalue weighted by molar-refractivity contribution is 0.122. The Morgan fingerprint density at radius 1 is 1.07 bits per heavy atom. The van der Waals surface area contributed by atoms with E-state index < -0.39 is 0 Å². The first-order valence-electron chi connectivity index (χ1n) is 6.08. The number of nitrogens with one attached hydrogen (secondary N) is 1. The molecule has 1 N–H and O–H groups in total. The second-order valence-electron chi connectivity index (χ2n) is 4.59. The maximum atomic E-state index is 5.54. The average Bonchev–Trinajstić information content (AvgIpc) is 2.14. The lowest BCUT2D eigenvalue weighted by Crippen LogP contribution is -2.23. The summed E-state index contributed by atoms with van der Waals surface area (Å²) in [5.74, 6) is 0. The molecule has 0 amide bonds. The highest BCUT2D eigenvalue weighted by atomic mass is 16.5. The van der Waals surface area contributed by atoms with Crippen LogP contribution in [-0.4, -0.2) is 51.3 Å². The number of hydrogen-bond donors (Lipinski definition) is 1. The second kappa shape index (κ2) is 10.4. The van der Waals surface area contributed by atoms with Gasteiger partial charge < -0.3 is 15.0 Å². The van der Waals surface area contributed by atoms with Crippen LogP contribution >= 0.6 is 0 Å². The molecular formula is C12H28N2O. The van der Waals surface area contributed by atoms with Gasteiger partial charge in [-0.05, 0) is 46.4 Å². The third-order valence-electron chi connectivity index (χ3n) is 2.16. The topological polar surface area (TPSA) is 24.5 Å². The maximum absolute atomic E-state index is 5.54. The molecule has 0 bridgehead atoms. The smallest absolute Gasteiger partial charge is 0.0478 e. The minimum atomic E-state index is 0.603. The summed E-state index contributed by atoms with van der Waals surface area (Å²) in [5.41, 5.74) is 0. The molecular weight excluding hydrogens is 188 g/mol. The van der Waals surface area contributed by atoms with E-state index in [0.29, 0.717) is 6.04 Å². The fourth-order valence-corrected chi connectivity index (χ4v) is 1.30. The molecule has 0 saturated carbocycles. The molecule has 0 aromatic rings. The van der Waals surface area contributed by atoms with Gasteiger partial charge in [-0.25, -0.2) is 0 Å². The highest BCUT2D eigenvalue weighted by molar-refractivity contribution is 4.52. The lowest BCUT2D eigenvalue weighted by Gasteiger charge is -2.10. The van der Waals surface area contributed by atoms with Gasteiger partial charge in [0, 0.05) is 19.3 Å². The molecule has 0 heterocycles. The Kier molecular flexibility index (Phi) is 10.3. The van der Waals surface area contributed by atoms with E-state index in [4.69, 9.17) is 4.74 Å². The zero-order chi connectivity index (χ0) is 11.5. The van der Waals surface area contributed by atoms with E-state index in [0.717, 1.165) is 32.7 Å². The molecule has 0 rings (SSSR count). The monoisotopic (exact) mass is 216 g/mol. The molecule has 3 heteroatoms. The van der Waals surface area contributed by atoms with Crippen molar-refractivity contribution in [2.24, 2.45) is 0 Å². The normalized spacial score (nSPS) is 11.6. The molecule has 0 radical (unpaired) electrons. The summed E-state index contributed by atoms with van der Waals surface area (Å²) in [4.78, 5) is 2.19. The predicted octanol–water partition coefficient (Wildman–Crippen LogP) is 1.73. The Balaban J connectivity index is 2.93. The first-order valence-corrected chi connectivity index (χ1v) is 6.08. The van der Waals surface area contributed by atoms with Crippen LogP contribution in [0.5, 0.6) is 0 Å². The minimum Gasteiger partial charge on any atom is -0.381 e. The molecule has 0 aromatic heterocycles. The van der Waals surface area contributed by atoms with Gasteiger partial charge in [-0.3, -0.25) is 0 Å². The van der Waals surface area contributed by atoms with Gasteiger partial charge in [-0.2, -0.15) is 0 Å². The van der Waals surface area contributed by atoms with Crippen LogP contribution in [0.3, 0.4) is 0 Å². The Morgan fingerprint density at radius 2 is 1.73 bits per heavy atom. The molecule has 92 valence electrons. The van der Waals surface area contributed by atoms with Crippen LogP contribution in [0.2, 0.25) is 0 Å². The van der Waals surface area contributed by atoms with Crippen LogP contribution in [0.25, 0.3) is 0 Å². The van der Waals surface area contributed by atoms with Crippen LogP contribution in [0.1, 0.15) is 33.1 Å². The highest BCUT2D eigenvalue weighted by Crippen LogP contribution is 1.92. The van der Waals surface area contributed by atoms with E-state index in [9.17, 15) is 0 Å². The van der Waals surface area contributed by atoms with Gasteiger partial charge >= 0.3 is 0 Å². The summed E-state index contributed by atoms with van der Waals surface area (Å²) in [5, 5.41) is 3.40. The average molecular weight is 216 g/mol. The van der Waals surface area contributed by atoms with Crippen molar-refractivity contribution in [3.63, 3.8) is 0 Å². The SMILES string of the molecule is CC(C)NCCCCOCCCN(C)C. The van der Waals surface area contributed by atoms with Crippen molar-refractivity contribution in [3.05, 3.63) is 0 Å². The van der Waals surface area contributed by atoms with Crippen molar-refractivity contribution >= 4 is 0 Å². The van der Waals surface area contributed by atoms with Crippen LogP contribution < -0.4 is 5.32 Å². The van der Waals surface area contributed by atoms with E-state index in [2.05, 4.69) is 38.2 Å². The molecule has 0 aliphatic rings. The van der Waals surface area contributed by atoms with Crippen LogP contribution in [0, 0.1) is 0 Å². The zero-order valence-electron chi connectivity index (χ0n) is 10.9. The third kappa shape index (κ3) is 13.9. The maximum Gasteiger partial charge on any atom is 0.0478 e. The predicted molar refractivity (Wildman–Crippen MR) is 66.4 cm³/mol. The molecule has 0 spiro atoms. The molecule has 0 atom stereocenters. The largest absolute Gasteiger partial charge is 0.381 e. The fourth-order valence-electron chi connectivity index (χ4n) is 1.30. The van der Waals surface area contributed by atoms with Gasteiger partial charge in [0.2, 0.25) is 0 Å². The van der Waals surface area contributed by atoms with Crippen LogP contribution in [0.15, 0.2) is 0 Å². The number of ether oxygens (including phenoxy) is 1. The van der Waals surface area contributed by atoms with Gasteiger partial charge in [-0.1, -0.05) is 13.8 Å². The summed E-state index contributed by atoms with van der Waals surface area (Å²) < 4.78 is 5.54. The van der Waals surface area contributed by atoms with Crippen molar-refractivity contribution < 1.29 is 4.74 Å². The number of rotatable bonds is 10. The van der Waals surface area contributed by atoms with Crippen molar-refractivity contribution in [3.8, 4) is 0 Å². The van der Waals surface area contributed by atoms with Crippen LogP contribution in [0.4, 0.5) is 0 Å². The summed E-state index contributed by atoms with van der Waals surface area (Å²) in [6.45, 7) is 8.39. The minimum absolute atomic E-state index is 0.603. The quantitative estimate of drug-likeness (QED) is 0.563.